The van der Waals surface area contributed by atoms with Gasteiger partial charge in [-0.1, -0.05) is 5.16 Å². The van der Waals surface area contributed by atoms with E-state index >= 15 is 0 Å². The molecule has 1 atom stereocenters. The fraction of sp³-hybridized carbons (Fsp3) is 0.812. The molecule has 1 aromatic heterocycles. The number of nitrogens with zero attached hydrogens (tertiary/aromatic N) is 4. The lowest BCUT2D eigenvalue weighted by Crippen LogP contribution is -2.42. The monoisotopic (exact) mass is 371 g/mol. The number of rotatable bonds is 8. The van der Waals surface area contributed by atoms with Crippen molar-refractivity contribution < 1.29 is 14.0 Å². The van der Waals surface area contributed by atoms with Crippen molar-refractivity contribution in [2.45, 2.75) is 32.9 Å². The van der Waals surface area contributed by atoms with E-state index in [2.05, 4.69) is 25.3 Å². The maximum absolute atomic E-state index is 5.48. The summed E-state index contributed by atoms with van der Waals surface area (Å²) in [4.78, 5) is 8.94. The lowest BCUT2D eigenvalue weighted by molar-refractivity contribution is 0.109. The Kier molecular flexibility index (Phi) is 8.53. The molecule has 142 valence electrons. The van der Waals surface area contributed by atoms with Crippen LogP contribution in [0, 0.1) is 0 Å². The third-order valence-corrected chi connectivity index (χ3v) is 4.56. The maximum atomic E-state index is 5.48. The van der Waals surface area contributed by atoms with Gasteiger partial charge in [-0.05, 0) is 32.5 Å². The van der Waals surface area contributed by atoms with Crippen molar-refractivity contribution in [2.75, 3.05) is 53.0 Å². The van der Waals surface area contributed by atoms with E-state index in [4.69, 9.17) is 26.2 Å². The minimum atomic E-state index is -0.155. The Morgan fingerprint density at radius 3 is 2.96 bits per heavy atom. The summed E-state index contributed by atoms with van der Waals surface area (Å²) >= 11 is 5.48. The van der Waals surface area contributed by atoms with Crippen molar-refractivity contribution >= 4 is 17.3 Å². The highest BCUT2D eigenvalue weighted by atomic mass is 32.1. The van der Waals surface area contributed by atoms with Gasteiger partial charge in [0.05, 0.1) is 13.2 Å². The van der Waals surface area contributed by atoms with Gasteiger partial charge < -0.3 is 24.2 Å². The predicted molar refractivity (Wildman–Crippen MR) is 98.3 cm³/mol. The molecule has 1 saturated heterocycles. The summed E-state index contributed by atoms with van der Waals surface area (Å²) < 4.78 is 15.9. The van der Waals surface area contributed by atoms with Crippen molar-refractivity contribution in [1.29, 1.82) is 0 Å². The van der Waals surface area contributed by atoms with Crippen LogP contribution in [0.15, 0.2) is 4.52 Å². The van der Waals surface area contributed by atoms with Gasteiger partial charge in [-0.25, -0.2) is 0 Å². The molecule has 1 aliphatic heterocycles. The Morgan fingerprint density at radius 1 is 1.36 bits per heavy atom. The van der Waals surface area contributed by atoms with Gasteiger partial charge >= 0.3 is 0 Å². The Bertz CT molecular complexity index is 528. The van der Waals surface area contributed by atoms with Crippen molar-refractivity contribution in [1.82, 2.24) is 25.3 Å². The number of methoxy groups -OCH3 is 1. The highest BCUT2D eigenvalue weighted by Gasteiger charge is 2.20. The summed E-state index contributed by atoms with van der Waals surface area (Å²) in [5.74, 6) is 1.22. The Balaban J connectivity index is 1.77. The van der Waals surface area contributed by atoms with Crippen molar-refractivity contribution in [3.8, 4) is 0 Å². The van der Waals surface area contributed by atoms with E-state index in [0.717, 1.165) is 50.9 Å². The normalized spacial score (nSPS) is 17.3. The second kappa shape index (κ2) is 10.6. The van der Waals surface area contributed by atoms with Crippen LogP contribution in [-0.2, 0) is 16.0 Å². The van der Waals surface area contributed by atoms with Gasteiger partial charge in [0.25, 0.3) is 0 Å². The quantitative estimate of drug-likeness (QED) is 0.536. The van der Waals surface area contributed by atoms with Crippen molar-refractivity contribution in [2.24, 2.45) is 0 Å². The average molecular weight is 372 g/mol. The molecule has 1 aromatic rings. The SMILES string of the molecule is CCOCCNC(=S)N1CCCN(Cc2nc(C(C)OC)no2)CC1. The number of aromatic nitrogens is 2. The molecular formula is C16H29N5O3S. The Labute approximate surface area is 154 Å². The fourth-order valence-electron chi connectivity index (χ4n) is 2.61. The standard InChI is InChI=1S/C16H29N5O3S/c1-4-23-11-6-17-16(25)21-8-5-7-20(9-10-21)12-14-18-15(19-24-14)13(2)22-3/h13H,4-12H2,1-3H3,(H,17,25). The summed E-state index contributed by atoms with van der Waals surface area (Å²) in [7, 11) is 1.63. The van der Waals surface area contributed by atoms with Crippen molar-refractivity contribution in [3.63, 3.8) is 0 Å². The third-order valence-electron chi connectivity index (χ3n) is 4.16. The minimum absolute atomic E-state index is 0.155. The molecule has 1 aliphatic rings. The molecule has 1 N–H and O–H groups in total. The molecule has 0 amide bonds. The highest BCUT2D eigenvalue weighted by Crippen LogP contribution is 2.13. The number of hydrogen-bond acceptors (Lipinski definition) is 7. The molecule has 9 heteroatoms. The Hall–Kier alpha value is -1.29. The van der Waals surface area contributed by atoms with Gasteiger partial charge in [0.15, 0.2) is 10.9 Å². The highest BCUT2D eigenvalue weighted by molar-refractivity contribution is 7.80. The largest absolute Gasteiger partial charge is 0.380 e. The average Bonchev–Trinajstić information content (AvgIpc) is 2.96. The number of nitrogens with one attached hydrogen (secondary N) is 1. The van der Waals surface area contributed by atoms with Crippen molar-refractivity contribution in [3.05, 3.63) is 11.7 Å². The van der Waals surface area contributed by atoms with Crippen LogP contribution < -0.4 is 5.32 Å². The zero-order valence-electron chi connectivity index (χ0n) is 15.4. The van der Waals surface area contributed by atoms with Crippen LogP contribution in [0.5, 0.6) is 0 Å². The Morgan fingerprint density at radius 2 is 2.20 bits per heavy atom. The van der Waals surface area contributed by atoms with Gasteiger partial charge in [0.1, 0.15) is 6.10 Å². The lowest BCUT2D eigenvalue weighted by atomic mass is 10.3. The molecule has 0 aromatic carbocycles. The fourth-order valence-corrected chi connectivity index (χ4v) is 2.90. The summed E-state index contributed by atoms with van der Waals surface area (Å²) in [6.45, 7) is 10.4. The summed E-state index contributed by atoms with van der Waals surface area (Å²) in [5, 5.41) is 8.04. The number of hydrogen-bond donors (Lipinski definition) is 1. The first-order valence-corrected chi connectivity index (χ1v) is 9.23. The molecule has 0 saturated carbocycles. The van der Waals surface area contributed by atoms with E-state index in [1.54, 1.807) is 7.11 Å². The van der Waals surface area contributed by atoms with Crippen LogP contribution in [0.25, 0.3) is 0 Å². The number of thiocarbonyl (C=S) groups is 1. The van der Waals surface area contributed by atoms with Gasteiger partial charge in [-0.3, -0.25) is 4.90 Å². The smallest absolute Gasteiger partial charge is 0.240 e. The van der Waals surface area contributed by atoms with E-state index in [-0.39, 0.29) is 6.10 Å². The maximum Gasteiger partial charge on any atom is 0.240 e. The molecule has 1 unspecified atom stereocenters. The molecule has 25 heavy (non-hydrogen) atoms. The van der Waals surface area contributed by atoms with Crippen LogP contribution >= 0.6 is 12.2 Å². The van der Waals surface area contributed by atoms with E-state index in [1.165, 1.54) is 0 Å². The van der Waals surface area contributed by atoms with Crippen LogP contribution in [-0.4, -0.2) is 78.1 Å². The summed E-state index contributed by atoms with van der Waals surface area (Å²) in [5.41, 5.74) is 0. The first-order valence-electron chi connectivity index (χ1n) is 8.82. The molecule has 8 nitrogen and oxygen atoms in total. The van der Waals surface area contributed by atoms with Crippen LogP contribution in [0.4, 0.5) is 0 Å². The van der Waals surface area contributed by atoms with E-state index < -0.39 is 0 Å². The molecule has 0 bridgehead atoms. The van der Waals surface area contributed by atoms with Gasteiger partial charge in [-0.2, -0.15) is 4.98 Å². The van der Waals surface area contributed by atoms with Crippen LogP contribution in [0.3, 0.4) is 0 Å². The zero-order valence-corrected chi connectivity index (χ0v) is 16.2. The van der Waals surface area contributed by atoms with E-state index in [9.17, 15) is 0 Å². The lowest BCUT2D eigenvalue weighted by Gasteiger charge is -2.24. The van der Waals surface area contributed by atoms with Gasteiger partial charge in [0.2, 0.25) is 5.89 Å². The van der Waals surface area contributed by atoms with Gasteiger partial charge in [0, 0.05) is 46.4 Å². The molecular weight excluding hydrogens is 342 g/mol. The first kappa shape index (κ1) is 20.0. The molecule has 0 spiro atoms. The van der Waals surface area contributed by atoms with Gasteiger partial charge in [-0.15, -0.1) is 0 Å². The zero-order chi connectivity index (χ0) is 18.1. The predicted octanol–water partition coefficient (Wildman–Crippen LogP) is 1.20. The van der Waals surface area contributed by atoms with Crippen LogP contribution in [0.1, 0.15) is 38.1 Å². The summed E-state index contributed by atoms with van der Waals surface area (Å²) in [6.07, 6.45) is 0.889. The first-order chi connectivity index (χ1) is 12.1. The molecule has 1 fully saturated rings. The second-order valence-electron chi connectivity index (χ2n) is 5.97. The minimum Gasteiger partial charge on any atom is -0.380 e. The molecule has 2 rings (SSSR count). The molecule has 0 aliphatic carbocycles. The molecule has 0 radical (unpaired) electrons. The summed E-state index contributed by atoms with van der Waals surface area (Å²) in [6, 6.07) is 0. The second-order valence-corrected chi connectivity index (χ2v) is 6.36. The van der Waals surface area contributed by atoms with E-state index in [1.807, 2.05) is 13.8 Å². The molecule has 2 heterocycles. The third kappa shape index (κ3) is 6.50. The number of ether oxygens (including phenoxy) is 2. The van der Waals surface area contributed by atoms with E-state index in [0.29, 0.717) is 24.9 Å². The van der Waals surface area contributed by atoms with Crippen LogP contribution in [0.2, 0.25) is 0 Å². The topological polar surface area (TPSA) is 75.9 Å².